The molecular formula is C61H97NO8. The summed E-state index contributed by atoms with van der Waals surface area (Å²) in [4.78, 5) is 36.8. The first-order valence-electron chi connectivity index (χ1n) is 26.8. The molecular weight excluding hydrogens is 875 g/mol. The van der Waals surface area contributed by atoms with Crippen LogP contribution in [0.15, 0.2) is 134 Å². The summed E-state index contributed by atoms with van der Waals surface area (Å²) < 4.78 is 22.4. The Bertz CT molecular complexity index is 1600. The molecule has 0 N–H and O–H groups in total. The lowest BCUT2D eigenvalue weighted by Crippen LogP contribution is -2.44. The van der Waals surface area contributed by atoms with Gasteiger partial charge < -0.3 is 33.3 Å². The van der Waals surface area contributed by atoms with Crippen molar-refractivity contribution in [3.05, 3.63) is 134 Å². The van der Waals surface area contributed by atoms with Crippen LogP contribution in [0.5, 0.6) is 0 Å². The minimum Gasteiger partial charge on any atom is -0.545 e. The number of quaternary nitrogens is 1. The summed E-state index contributed by atoms with van der Waals surface area (Å²) in [5, 5.41) is 11.7. The third-order valence-electron chi connectivity index (χ3n) is 10.7. The van der Waals surface area contributed by atoms with Gasteiger partial charge >= 0.3 is 11.9 Å². The summed E-state index contributed by atoms with van der Waals surface area (Å²) in [6, 6.07) is 0. The molecule has 0 rings (SSSR count). The van der Waals surface area contributed by atoms with Crippen molar-refractivity contribution in [2.24, 2.45) is 0 Å². The number of carbonyl (C=O) groups excluding carboxylic acids is 3. The summed E-state index contributed by atoms with van der Waals surface area (Å²) in [6.07, 6.45) is 69.7. The first-order chi connectivity index (χ1) is 34.1. The molecule has 0 amide bonds. The number of carboxylic acids is 1. The molecule has 0 heterocycles. The van der Waals surface area contributed by atoms with Gasteiger partial charge in [-0.3, -0.25) is 9.59 Å². The first-order valence-corrected chi connectivity index (χ1v) is 26.8. The van der Waals surface area contributed by atoms with E-state index in [9.17, 15) is 19.5 Å². The number of carboxylic acid groups (broad SMARTS) is 1. The smallest absolute Gasteiger partial charge is 0.306 e. The quantitative estimate of drug-likeness (QED) is 0.0195. The molecule has 394 valence electrons. The number of carbonyl (C=O) groups is 3. The normalized spacial score (nSPS) is 13.9. The van der Waals surface area contributed by atoms with Gasteiger partial charge in [-0.15, -0.1) is 0 Å². The van der Waals surface area contributed by atoms with Gasteiger partial charge in [0.05, 0.1) is 40.3 Å². The van der Waals surface area contributed by atoms with Crippen molar-refractivity contribution in [2.75, 3.05) is 47.5 Å². The van der Waals surface area contributed by atoms with E-state index in [-0.39, 0.29) is 38.6 Å². The second kappa shape index (κ2) is 50.8. The van der Waals surface area contributed by atoms with Crippen molar-refractivity contribution in [3.63, 3.8) is 0 Å². The van der Waals surface area contributed by atoms with Crippen molar-refractivity contribution in [2.45, 2.75) is 187 Å². The van der Waals surface area contributed by atoms with Crippen molar-refractivity contribution >= 4 is 17.9 Å². The molecule has 0 bridgehead atoms. The molecule has 9 nitrogen and oxygen atoms in total. The second-order valence-corrected chi connectivity index (χ2v) is 18.4. The zero-order valence-electron chi connectivity index (χ0n) is 44.6. The summed E-state index contributed by atoms with van der Waals surface area (Å²) in [7, 11) is 5.88. The van der Waals surface area contributed by atoms with Crippen LogP contribution >= 0.6 is 0 Å². The van der Waals surface area contributed by atoms with Crippen molar-refractivity contribution in [1.82, 2.24) is 0 Å². The maximum absolute atomic E-state index is 12.7. The van der Waals surface area contributed by atoms with Crippen molar-refractivity contribution in [3.8, 4) is 0 Å². The Hall–Kier alpha value is -4.57. The summed E-state index contributed by atoms with van der Waals surface area (Å²) in [6.45, 7) is 4.50. The fourth-order valence-corrected chi connectivity index (χ4v) is 6.54. The zero-order chi connectivity index (χ0) is 51.3. The maximum atomic E-state index is 12.7. The Balaban J connectivity index is 4.13. The van der Waals surface area contributed by atoms with Gasteiger partial charge in [-0.25, -0.2) is 0 Å². The number of hydrogen-bond acceptors (Lipinski definition) is 8. The van der Waals surface area contributed by atoms with Crippen molar-refractivity contribution < 1.29 is 42.9 Å². The molecule has 9 heteroatoms. The van der Waals surface area contributed by atoms with Gasteiger partial charge in [0, 0.05) is 12.8 Å². The summed E-state index contributed by atoms with van der Waals surface area (Å²) >= 11 is 0. The topological polar surface area (TPSA) is 111 Å². The van der Waals surface area contributed by atoms with Crippen LogP contribution in [-0.4, -0.2) is 82.3 Å². The van der Waals surface area contributed by atoms with Crippen LogP contribution in [0, 0.1) is 0 Å². The Morgan fingerprint density at radius 3 is 1.21 bits per heavy atom. The maximum Gasteiger partial charge on any atom is 0.306 e. The number of rotatable bonds is 47. The molecule has 0 radical (unpaired) electrons. The lowest BCUT2D eigenvalue weighted by atomic mass is 10.1. The van der Waals surface area contributed by atoms with E-state index in [0.717, 1.165) is 135 Å². The van der Waals surface area contributed by atoms with Gasteiger partial charge in [0.25, 0.3) is 0 Å². The molecule has 0 saturated heterocycles. The Morgan fingerprint density at radius 1 is 0.443 bits per heavy atom. The number of hydrogen-bond donors (Lipinski definition) is 0. The molecule has 70 heavy (non-hydrogen) atoms. The number of esters is 2. The van der Waals surface area contributed by atoms with Gasteiger partial charge in [0.15, 0.2) is 12.4 Å². The minimum absolute atomic E-state index is 0.137. The van der Waals surface area contributed by atoms with E-state index in [0.29, 0.717) is 17.4 Å². The fraction of sp³-hybridized carbons (Fsp3) is 0.590. The molecule has 0 aromatic rings. The molecule has 0 spiro atoms. The summed E-state index contributed by atoms with van der Waals surface area (Å²) in [5.41, 5.74) is 0. The van der Waals surface area contributed by atoms with Crippen LogP contribution in [0.25, 0.3) is 0 Å². The lowest BCUT2D eigenvalue weighted by molar-refractivity contribution is -0.870. The molecule has 0 aliphatic rings. The largest absolute Gasteiger partial charge is 0.545 e. The van der Waals surface area contributed by atoms with Crippen LogP contribution in [-0.2, 0) is 33.3 Å². The number of likely N-dealkylation sites (N-methyl/N-ethyl adjacent to an activating group) is 1. The Labute approximate surface area is 427 Å². The summed E-state index contributed by atoms with van der Waals surface area (Å²) in [5.74, 6) is -2.34. The van der Waals surface area contributed by atoms with E-state index in [1.165, 1.54) is 6.42 Å². The van der Waals surface area contributed by atoms with E-state index in [1.807, 2.05) is 21.1 Å². The van der Waals surface area contributed by atoms with Crippen molar-refractivity contribution in [1.29, 1.82) is 0 Å². The van der Waals surface area contributed by atoms with E-state index in [2.05, 4.69) is 148 Å². The number of allylic oxidation sites excluding steroid dienone is 22. The van der Waals surface area contributed by atoms with Gasteiger partial charge in [-0.1, -0.05) is 199 Å². The minimum atomic E-state index is -1.63. The average Bonchev–Trinajstić information content (AvgIpc) is 3.33. The van der Waals surface area contributed by atoms with Gasteiger partial charge in [-0.2, -0.15) is 0 Å². The number of aliphatic carboxylic acids is 1. The van der Waals surface area contributed by atoms with E-state index in [4.69, 9.17) is 18.9 Å². The first kappa shape index (κ1) is 65.4. The lowest BCUT2D eigenvalue weighted by Gasteiger charge is -2.26. The molecule has 0 aromatic carbocycles. The second-order valence-electron chi connectivity index (χ2n) is 18.4. The SMILES string of the molecule is CC/C=C\C/C=C\C/C=C\C/C=C\C/C=C\C/C=C\C/C=C\C/C=C\C/C=C\C/C=C\C/C=C\CCCCCCCC(=O)OC(COC(=O)CCCCCCCC)COC(OCC[N+](C)(C)C)C(=O)[O-]. The molecule has 2 unspecified atom stereocenters. The van der Waals surface area contributed by atoms with Crippen LogP contribution in [0.1, 0.15) is 174 Å². The fourth-order valence-electron chi connectivity index (χ4n) is 6.54. The van der Waals surface area contributed by atoms with E-state index >= 15 is 0 Å². The van der Waals surface area contributed by atoms with Crippen LogP contribution in [0.2, 0.25) is 0 Å². The third-order valence-corrected chi connectivity index (χ3v) is 10.7. The highest BCUT2D eigenvalue weighted by Crippen LogP contribution is 2.12. The number of unbranched alkanes of at least 4 members (excludes halogenated alkanes) is 10. The molecule has 0 saturated carbocycles. The monoisotopic (exact) mass is 972 g/mol. The highest BCUT2D eigenvalue weighted by Gasteiger charge is 2.21. The molecule has 0 aromatic heterocycles. The Kier molecular flexibility index (Phi) is 47.5. The van der Waals surface area contributed by atoms with Crippen LogP contribution in [0.3, 0.4) is 0 Å². The van der Waals surface area contributed by atoms with Gasteiger partial charge in [0.1, 0.15) is 13.2 Å². The molecule has 0 aliphatic carbocycles. The van der Waals surface area contributed by atoms with Crippen LogP contribution < -0.4 is 5.11 Å². The third kappa shape index (κ3) is 51.3. The molecule has 2 atom stereocenters. The highest BCUT2D eigenvalue weighted by atomic mass is 16.7. The van der Waals surface area contributed by atoms with E-state index in [1.54, 1.807) is 0 Å². The molecule has 0 aliphatic heterocycles. The van der Waals surface area contributed by atoms with E-state index < -0.39 is 24.3 Å². The highest BCUT2D eigenvalue weighted by molar-refractivity contribution is 5.70. The predicted octanol–water partition coefficient (Wildman–Crippen LogP) is 14.2. The van der Waals surface area contributed by atoms with Gasteiger partial charge in [-0.05, 0) is 96.3 Å². The zero-order valence-corrected chi connectivity index (χ0v) is 44.6. The van der Waals surface area contributed by atoms with Crippen LogP contribution in [0.4, 0.5) is 0 Å². The average molecular weight is 972 g/mol. The molecule has 0 fully saturated rings. The number of ether oxygens (including phenoxy) is 4. The van der Waals surface area contributed by atoms with Gasteiger partial charge in [0.2, 0.25) is 0 Å². The Morgan fingerprint density at radius 2 is 0.814 bits per heavy atom. The number of nitrogens with zero attached hydrogens (tertiary/aromatic N) is 1. The standard InChI is InChI=1S/C61H97NO8/c1-6-8-10-12-14-15-16-17-18-19-20-21-22-23-24-25-26-27-28-29-30-31-32-33-34-35-36-37-38-39-40-41-42-43-44-45-46-48-50-52-59(64)70-57(55-68-58(63)51-49-47-13-11-9-7-2)56-69-61(60(65)66)67-54-53-62(3,4)5/h8,10,14-15,17-18,20-21,23-24,26-27,29-30,32-33,35-36,38-39,41-42,57,61H,6-7,9,11-13,16,19,22,25,28,31,34,37,40,43-56H2,1-5H3/b10-8-,15-14-,18-17-,21-20-,24-23-,27-26-,30-29-,33-32-,36-35-,39-38-,42-41-. The predicted molar refractivity (Wildman–Crippen MR) is 292 cm³/mol.